The summed E-state index contributed by atoms with van der Waals surface area (Å²) in [6.45, 7) is 9.49. The van der Waals surface area contributed by atoms with Gasteiger partial charge in [-0.2, -0.15) is 0 Å². The van der Waals surface area contributed by atoms with Crippen LogP contribution in [0.3, 0.4) is 0 Å². The van der Waals surface area contributed by atoms with E-state index in [9.17, 15) is 0 Å². The molecule has 0 saturated heterocycles. The van der Waals surface area contributed by atoms with Crippen LogP contribution in [0.15, 0.2) is 182 Å². The summed E-state index contributed by atoms with van der Waals surface area (Å²) in [5.41, 5.74) is 20.0. The monoisotopic (exact) mass is 718 g/mol. The molecule has 0 amide bonds. The topological polar surface area (TPSA) is 8.17 Å². The van der Waals surface area contributed by atoms with Gasteiger partial charge in [0.2, 0.25) is 0 Å². The predicted molar refractivity (Wildman–Crippen MR) is 236 cm³/mol. The Balaban J connectivity index is 1.09. The first kappa shape index (κ1) is 32.8. The molecule has 0 bridgehead atoms. The highest BCUT2D eigenvalue weighted by molar-refractivity contribution is 6.12. The summed E-state index contributed by atoms with van der Waals surface area (Å²) in [7, 11) is 0. The van der Waals surface area contributed by atoms with Crippen molar-refractivity contribution in [3.8, 4) is 39.1 Å². The van der Waals surface area contributed by atoms with Crippen LogP contribution in [0.25, 0.3) is 60.9 Å². The molecule has 0 spiro atoms. The normalized spacial score (nSPS) is 14.7. The zero-order chi connectivity index (χ0) is 37.8. The molecule has 9 aromatic rings. The van der Waals surface area contributed by atoms with Crippen molar-refractivity contribution in [2.24, 2.45) is 0 Å². The van der Waals surface area contributed by atoms with E-state index in [1.165, 1.54) is 94.5 Å². The molecule has 0 radical (unpaired) electrons. The van der Waals surface area contributed by atoms with Crippen molar-refractivity contribution in [3.63, 3.8) is 0 Å². The fourth-order valence-electron chi connectivity index (χ4n) is 9.84. The summed E-state index contributed by atoms with van der Waals surface area (Å²) in [5, 5.41) is 2.56. The lowest BCUT2D eigenvalue weighted by atomic mass is 9.73. The van der Waals surface area contributed by atoms with Gasteiger partial charge in [0.05, 0.1) is 22.4 Å². The number of rotatable bonds is 4. The predicted octanol–water partition coefficient (Wildman–Crippen LogP) is 14.5. The molecule has 1 aromatic heterocycles. The Morgan fingerprint density at radius 3 is 1.70 bits per heavy atom. The average Bonchev–Trinajstić information content (AvgIpc) is 3.68. The van der Waals surface area contributed by atoms with Gasteiger partial charge in [-0.05, 0) is 122 Å². The van der Waals surface area contributed by atoms with E-state index in [0.717, 1.165) is 5.69 Å². The van der Waals surface area contributed by atoms with Gasteiger partial charge in [-0.1, -0.05) is 143 Å². The third-order valence-electron chi connectivity index (χ3n) is 12.8. The summed E-state index contributed by atoms with van der Waals surface area (Å²) in [6.07, 6.45) is 0. The lowest BCUT2D eigenvalue weighted by Crippen LogP contribution is -2.30. The SMILES string of the molecule is CC1(C)c2ccccc2-c2cc3c4cc(-c5ccc6c(c5)C(C)(C)c5ccccc5N6c5ccc(-c6ccccc6)cc5)ccc4n(-c4ccccc4)c3cc21. The van der Waals surface area contributed by atoms with Crippen molar-refractivity contribution < 1.29 is 0 Å². The Morgan fingerprint density at radius 1 is 0.339 bits per heavy atom. The molecule has 56 heavy (non-hydrogen) atoms. The van der Waals surface area contributed by atoms with Crippen LogP contribution in [-0.4, -0.2) is 4.57 Å². The summed E-state index contributed by atoms with van der Waals surface area (Å²) < 4.78 is 2.46. The maximum Gasteiger partial charge on any atom is 0.0544 e. The Morgan fingerprint density at radius 2 is 0.911 bits per heavy atom. The van der Waals surface area contributed by atoms with Crippen molar-refractivity contribution in [2.45, 2.75) is 38.5 Å². The lowest BCUT2D eigenvalue weighted by molar-refractivity contribution is 0.632. The first-order chi connectivity index (χ1) is 27.3. The number of fused-ring (bicyclic) bond motifs is 8. The number of hydrogen-bond donors (Lipinski definition) is 0. The van der Waals surface area contributed by atoms with Gasteiger partial charge in [-0.25, -0.2) is 0 Å². The van der Waals surface area contributed by atoms with Gasteiger partial charge < -0.3 is 9.47 Å². The van der Waals surface area contributed by atoms with Crippen molar-refractivity contribution in [3.05, 3.63) is 204 Å². The molecular formula is C54H42N2. The van der Waals surface area contributed by atoms with E-state index in [1.807, 2.05) is 0 Å². The van der Waals surface area contributed by atoms with Crippen LogP contribution in [0.5, 0.6) is 0 Å². The molecule has 0 atom stereocenters. The van der Waals surface area contributed by atoms with Crippen LogP contribution < -0.4 is 4.90 Å². The fourth-order valence-corrected chi connectivity index (χ4v) is 9.84. The van der Waals surface area contributed by atoms with E-state index in [-0.39, 0.29) is 10.8 Å². The molecule has 1 aliphatic heterocycles. The van der Waals surface area contributed by atoms with Crippen LogP contribution in [0, 0.1) is 0 Å². The molecular weight excluding hydrogens is 677 g/mol. The van der Waals surface area contributed by atoms with Crippen molar-refractivity contribution in [1.29, 1.82) is 0 Å². The Labute approximate surface area is 328 Å². The van der Waals surface area contributed by atoms with Gasteiger partial charge in [0.15, 0.2) is 0 Å². The number of hydrogen-bond acceptors (Lipinski definition) is 1. The second kappa shape index (κ2) is 11.9. The average molecular weight is 719 g/mol. The summed E-state index contributed by atoms with van der Waals surface area (Å²) in [4.78, 5) is 2.45. The lowest BCUT2D eigenvalue weighted by Gasteiger charge is -2.42. The van der Waals surface area contributed by atoms with Gasteiger partial charge in [0.25, 0.3) is 0 Å². The second-order valence-corrected chi connectivity index (χ2v) is 16.6. The van der Waals surface area contributed by atoms with Crippen LogP contribution >= 0.6 is 0 Å². The van der Waals surface area contributed by atoms with Crippen LogP contribution in [0.4, 0.5) is 17.1 Å². The number of nitrogens with zero attached hydrogens (tertiary/aromatic N) is 2. The van der Waals surface area contributed by atoms with E-state index < -0.39 is 0 Å². The molecule has 2 heteroatoms. The maximum absolute atomic E-state index is 2.47. The van der Waals surface area contributed by atoms with Crippen molar-refractivity contribution >= 4 is 38.9 Å². The van der Waals surface area contributed by atoms with Crippen LogP contribution in [0.2, 0.25) is 0 Å². The first-order valence-electron chi connectivity index (χ1n) is 19.8. The van der Waals surface area contributed by atoms with E-state index in [1.54, 1.807) is 0 Å². The van der Waals surface area contributed by atoms with Crippen LogP contribution in [-0.2, 0) is 10.8 Å². The van der Waals surface area contributed by atoms with Crippen LogP contribution in [0.1, 0.15) is 49.9 Å². The third kappa shape index (κ3) is 4.69. The molecule has 2 heterocycles. The zero-order valence-corrected chi connectivity index (χ0v) is 32.2. The first-order valence-corrected chi connectivity index (χ1v) is 19.8. The summed E-state index contributed by atoms with van der Waals surface area (Å²) >= 11 is 0. The van der Waals surface area contributed by atoms with Gasteiger partial charge in [0, 0.05) is 33.0 Å². The minimum Gasteiger partial charge on any atom is -0.310 e. The Bertz CT molecular complexity index is 3000. The molecule has 8 aromatic carbocycles. The minimum atomic E-state index is -0.198. The van der Waals surface area contributed by atoms with Gasteiger partial charge >= 0.3 is 0 Å². The molecule has 1 aliphatic carbocycles. The Hall–Kier alpha value is -6.64. The summed E-state index contributed by atoms with van der Waals surface area (Å²) in [5.74, 6) is 0. The standard InChI is InChI=1S/C54H42N2/c1-53(2)45-20-12-11-19-41(45)42-33-44-43-31-37(25-29-49(43)55(52(44)34-47(42)53)39-17-9-6-10-18-39)38-26-30-51-48(32-38)54(3,4)46-21-13-14-22-50(46)56(51)40-27-23-36(24-28-40)35-15-7-5-8-16-35/h5-34H,1-4H3. The van der Waals surface area contributed by atoms with Gasteiger partial charge in [-0.15, -0.1) is 0 Å². The molecule has 0 unspecified atom stereocenters. The van der Waals surface area contributed by atoms with E-state index in [2.05, 4.69) is 219 Å². The van der Waals surface area contributed by atoms with E-state index >= 15 is 0 Å². The smallest absolute Gasteiger partial charge is 0.0544 e. The quantitative estimate of drug-likeness (QED) is 0.176. The number of benzene rings is 8. The highest BCUT2D eigenvalue weighted by atomic mass is 15.2. The van der Waals surface area contributed by atoms with E-state index in [4.69, 9.17) is 0 Å². The van der Waals surface area contributed by atoms with E-state index in [0.29, 0.717) is 0 Å². The fraction of sp³-hybridized carbons (Fsp3) is 0.111. The number of aromatic nitrogens is 1. The molecule has 11 rings (SSSR count). The summed E-state index contributed by atoms with van der Waals surface area (Å²) in [6, 6.07) is 67.5. The third-order valence-corrected chi connectivity index (χ3v) is 12.8. The maximum atomic E-state index is 2.47. The van der Waals surface area contributed by atoms with Crippen molar-refractivity contribution in [2.75, 3.05) is 4.90 Å². The highest BCUT2D eigenvalue weighted by Crippen LogP contribution is 2.54. The zero-order valence-electron chi connectivity index (χ0n) is 32.2. The molecule has 0 saturated carbocycles. The van der Waals surface area contributed by atoms with Gasteiger partial charge in [-0.3, -0.25) is 0 Å². The van der Waals surface area contributed by atoms with Crippen molar-refractivity contribution in [1.82, 2.24) is 4.57 Å². The molecule has 268 valence electrons. The number of anilines is 3. The minimum absolute atomic E-state index is 0.0738. The highest BCUT2D eigenvalue weighted by Gasteiger charge is 2.38. The second-order valence-electron chi connectivity index (χ2n) is 16.6. The molecule has 2 aliphatic rings. The largest absolute Gasteiger partial charge is 0.310 e. The Kier molecular flexibility index (Phi) is 6.98. The van der Waals surface area contributed by atoms with Gasteiger partial charge in [0.1, 0.15) is 0 Å². The number of para-hydroxylation sites is 2. The molecule has 2 nitrogen and oxygen atoms in total. The molecule has 0 fully saturated rings. The molecule has 0 N–H and O–H groups in total.